The molecule has 0 aliphatic rings. The van der Waals surface area contributed by atoms with Crippen LogP contribution in [0.3, 0.4) is 0 Å². The predicted octanol–water partition coefficient (Wildman–Crippen LogP) is 2.56. The number of Topliss-reactive ketones (excluding diaryl/α,β-unsaturated/α-hetero) is 1. The molecular formula is C11H11ClO3. The second-order valence-electron chi connectivity index (χ2n) is 3.37. The van der Waals surface area contributed by atoms with E-state index in [2.05, 4.69) is 0 Å². The minimum absolute atomic E-state index is 0.0881. The lowest BCUT2D eigenvalue weighted by atomic mass is 10.00. The summed E-state index contributed by atoms with van der Waals surface area (Å²) in [6.45, 7) is 3.12. The molecule has 1 atom stereocenters. The number of ketones is 1. The third kappa shape index (κ3) is 2.57. The second-order valence-corrected chi connectivity index (χ2v) is 3.81. The van der Waals surface area contributed by atoms with Crippen LogP contribution in [0.2, 0.25) is 0 Å². The van der Waals surface area contributed by atoms with Gasteiger partial charge in [-0.3, -0.25) is 4.79 Å². The Kier molecular flexibility index (Phi) is 3.48. The van der Waals surface area contributed by atoms with Crippen molar-refractivity contribution < 1.29 is 14.7 Å². The fourth-order valence-corrected chi connectivity index (χ4v) is 1.49. The number of hydrogen-bond acceptors (Lipinski definition) is 2. The van der Waals surface area contributed by atoms with Gasteiger partial charge in [0.1, 0.15) is 5.38 Å². The Morgan fingerprint density at radius 1 is 1.40 bits per heavy atom. The molecule has 1 N–H and O–H groups in total. The maximum Gasteiger partial charge on any atom is 0.336 e. The lowest BCUT2D eigenvalue weighted by Crippen LogP contribution is -2.09. The van der Waals surface area contributed by atoms with Gasteiger partial charge in [0.25, 0.3) is 0 Å². The van der Waals surface area contributed by atoms with Gasteiger partial charge in [-0.2, -0.15) is 0 Å². The smallest absolute Gasteiger partial charge is 0.336 e. The molecule has 0 bridgehead atoms. The SMILES string of the molecule is CC(=O)C(Cl)c1ccc(C)cc1C(=O)O. The molecule has 0 saturated carbocycles. The molecule has 15 heavy (non-hydrogen) atoms. The molecule has 0 spiro atoms. The van der Waals surface area contributed by atoms with Gasteiger partial charge in [-0.25, -0.2) is 4.79 Å². The average Bonchev–Trinajstić information content (AvgIpc) is 2.16. The van der Waals surface area contributed by atoms with E-state index >= 15 is 0 Å². The van der Waals surface area contributed by atoms with E-state index < -0.39 is 11.3 Å². The fraction of sp³-hybridized carbons (Fsp3) is 0.273. The van der Waals surface area contributed by atoms with Gasteiger partial charge < -0.3 is 5.11 Å². The van der Waals surface area contributed by atoms with Crippen LogP contribution in [0.5, 0.6) is 0 Å². The minimum atomic E-state index is -1.07. The van der Waals surface area contributed by atoms with E-state index in [1.165, 1.54) is 13.0 Å². The third-order valence-corrected chi connectivity index (χ3v) is 2.61. The van der Waals surface area contributed by atoms with Gasteiger partial charge in [0.2, 0.25) is 0 Å². The van der Waals surface area contributed by atoms with Gasteiger partial charge in [-0.15, -0.1) is 11.6 Å². The zero-order chi connectivity index (χ0) is 11.6. The second kappa shape index (κ2) is 4.45. The number of carboxylic acids is 1. The summed E-state index contributed by atoms with van der Waals surface area (Å²) in [4.78, 5) is 22.0. The molecule has 0 heterocycles. The van der Waals surface area contributed by atoms with E-state index in [0.29, 0.717) is 5.56 Å². The molecule has 0 amide bonds. The van der Waals surface area contributed by atoms with Gasteiger partial charge in [0, 0.05) is 0 Å². The van der Waals surface area contributed by atoms with Crippen molar-refractivity contribution in [3.8, 4) is 0 Å². The highest BCUT2D eigenvalue weighted by molar-refractivity contribution is 6.31. The Hall–Kier alpha value is -1.35. The van der Waals surface area contributed by atoms with Crippen molar-refractivity contribution in [2.75, 3.05) is 0 Å². The maximum absolute atomic E-state index is 11.1. The van der Waals surface area contributed by atoms with Crippen LogP contribution < -0.4 is 0 Å². The first-order valence-electron chi connectivity index (χ1n) is 4.42. The summed E-state index contributed by atoms with van der Waals surface area (Å²) in [6.07, 6.45) is 0. The number of alkyl halides is 1. The summed E-state index contributed by atoms with van der Waals surface area (Å²) in [5.74, 6) is -1.33. The van der Waals surface area contributed by atoms with Gasteiger partial charge in [0.05, 0.1) is 5.56 Å². The van der Waals surface area contributed by atoms with Crippen molar-refractivity contribution in [1.29, 1.82) is 0 Å². The van der Waals surface area contributed by atoms with Crippen LogP contribution in [-0.2, 0) is 4.79 Å². The average molecular weight is 227 g/mol. The van der Waals surface area contributed by atoms with Crippen molar-refractivity contribution in [2.45, 2.75) is 19.2 Å². The van der Waals surface area contributed by atoms with Crippen LogP contribution in [0.4, 0.5) is 0 Å². The van der Waals surface area contributed by atoms with Gasteiger partial charge >= 0.3 is 5.97 Å². The van der Waals surface area contributed by atoms with Crippen LogP contribution in [0.15, 0.2) is 18.2 Å². The summed E-state index contributed by atoms with van der Waals surface area (Å²) >= 11 is 5.83. The number of benzene rings is 1. The Bertz CT molecular complexity index is 412. The first-order chi connectivity index (χ1) is 6.93. The summed E-state index contributed by atoms with van der Waals surface area (Å²) in [6, 6.07) is 4.83. The zero-order valence-corrected chi connectivity index (χ0v) is 9.21. The van der Waals surface area contributed by atoms with Crippen LogP contribution >= 0.6 is 11.6 Å². The molecule has 80 valence electrons. The van der Waals surface area contributed by atoms with Gasteiger partial charge in [0.15, 0.2) is 5.78 Å². The van der Waals surface area contributed by atoms with Gasteiger partial charge in [-0.1, -0.05) is 17.7 Å². The number of aryl methyl sites for hydroxylation is 1. The van der Waals surface area contributed by atoms with Crippen molar-refractivity contribution >= 4 is 23.4 Å². The van der Waals surface area contributed by atoms with E-state index in [1.807, 2.05) is 0 Å². The molecular weight excluding hydrogens is 216 g/mol. The highest BCUT2D eigenvalue weighted by atomic mass is 35.5. The molecule has 3 nitrogen and oxygen atoms in total. The Balaban J connectivity index is 3.28. The topological polar surface area (TPSA) is 54.4 Å². The van der Waals surface area contributed by atoms with Crippen LogP contribution in [-0.4, -0.2) is 16.9 Å². The van der Waals surface area contributed by atoms with E-state index in [0.717, 1.165) is 5.56 Å². The van der Waals surface area contributed by atoms with Crippen molar-refractivity contribution in [2.24, 2.45) is 0 Å². The van der Waals surface area contributed by atoms with Crippen molar-refractivity contribution in [3.63, 3.8) is 0 Å². The summed E-state index contributed by atoms with van der Waals surface area (Å²) in [7, 11) is 0. The minimum Gasteiger partial charge on any atom is -0.478 e. The molecule has 1 aromatic carbocycles. The molecule has 0 aliphatic carbocycles. The van der Waals surface area contributed by atoms with Crippen LogP contribution in [0, 0.1) is 6.92 Å². The summed E-state index contributed by atoms with van der Waals surface area (Å²) in [5, 5.41) is 8.06. The van der Waals surface area contributed by atoms with Crippen molar-refractivity contribution in [3.05, 3.63) is 34.9 Å². The lowest BCUT2D eigenvalue weighted by molar-refractivity contribution is -0.116. The van der Waals surface area contributed by atoms with Crippen molar-refractivity contribution in [1.82, 2.24) is 0 Å². The largest absolute Gasteiger partial charge is 0.478 e. The zero-order valence-electron chi connectivity index (χ0n) is 8.45. The van der Waals surface area contributed by atoms with E-state index in [-0.39, 0.29) is 11.3 Å². The number of aromatic carboxylic acids is 1. The number of hydrogen-bond donors (Lipinski definition) is 1. The number of rotatable bonds is 3. The first kappa shape index (κ1) is 11.7. The van der Waals surface area contributed by atoms with Gasteiger partial charge in [-0.05, 0) is 25.5 Å². The molecule has 0 aromatic heterocycles. The molecule has 1 aromatic rings. The summed E-state index contributed by atoms with van der Waals surface area (Å²) in [5.41, 5.74) is 1.26. The molecule has 0 radical (unpaired) electrons. The summed E-state index contributed by atoms with van der Waals surface area (Å²) < 4.78 is 0. The van der Waals surface area contributed by atoms with Crippen LogP contribution in [0.1, 0.15) is 33.8 Å². The monoisotopic (exact) mass is 226 g/mol. The van der Waals surface area contributed by atoms with Crippen LogP contribution in [0.25, 0.3) is 0 Å². The fourth-order valence-electron chi connectivity index (χ4n) is 1.30. The Morgan fingerprint density at radius 3 is 2.47 bits per heavy atom. The number of carbonyl (C=O) groups excluding carboxylic acids is 1. The standard InChI is InChI=1S/C11H11ClO3/c1-6-3-4-8(10(12)7(2)13)9(5-6)11(14)15/h3-5,10H,1-2H3,(H,14,15). The Labute approximate surface area is 92.7 Å². The normalized spacial score (nSPS) is 12.2. The third-order valence-electron chi connectivity index (χ3n) is 2.07. The van der Waals surface area contributed by atoms with E-state index in [1.54, 1.807) is 19.1 Å². The highest BCUT2D eigenvalue weighted by Crippen LogP contribution is 2.25. The molecule has 0 saturated heterocycles. The Morgan fingerprint density at radius 2 is 2.00 bits per heavy atom. The molecule has 0 aliphatic heterocycles. The first-order valence-corrected chi connectivity index (χ1v) is 4.85. The maximum atomic E-state index is 11.1. The molecule has 4 heteroatoms. The predicted molar refractivity (Wildman–Crippen MR) is 57.4 cm³/mol. The van der Waals surface area contributed by atoms with E-state index in [4.69, 9.17) is 16.7 Å². The highest BCUT2D eigenvalue weighted by Gasteiger charge is 2.20. The lowest BCUT2D eigenvalue weighted by Gasteiger charge is -2.10. The quantitative estimate of drug-likeness (QED) is 0.806. The molecule has 1 rings (SSSR count). The number of carboxylic acid groups (broad SMARTS) is 1. The molecule has 1 unspecified atom stereocenters. The van der Waals surface area contributed by atoms with E-state index in [9.17, 15) is 9.59 Å². The number of carbonyl (C=O) groups is 2. The number of halogens is 1. The molecule has 0 fully saturated rings.